The number of hydrogen-bond donors (Lipinski definition) is 2. The molecule has 0 unspecified atom stereocenters. The molecule has 0 saturated carbocycles. The van der Waals surface area contributed by atoms with E-state index in [0.29, 0.717) is 5.69 Å². The maximum Gasteiger partial charge on any atom is 0.316 e. The second-order valence-corrected chi connectivity index (χ2v) is 5.55. The Balaban J connectivity index is 2.47. The summed E-state index contributed by atoms with van der Waals surface area (Å²) in [5.41, 5.74) is 0.575. The first-order valence-corrected chi connectivity index (χ1v) is 6.87. The summed E-state index contributed by atoms with van der Waals surface area (Å²) in [6.07, 6.45) is 0. The molecule has 92 valence electrons. The molecule has 0 saturated heterocycles. The largest absolute Gasteiger partial charge is 0.481 e. The minimum Gasteiger partial charge on any atom is -0.481 e. The second-order valence-electron chi connectivity index (χ2n) is 3.18. The van der Waals surface area contributed by atoms with Gasteiger partial charge in [-0.3, -0.25) is 13.8 Å². The predicted molar refractivity (Wildman–Crippen MR) is 68.3 cm³/mol. The number of benzene rings is 1. The number of rotatable bonds is 5. The lowest BCUT2D eigenvalue weighted by molar-refractivity contribution is -0.133. The van der Waals surface area contributed by atoms with Crippen LogP contribution in [0.5, 0.6) is 0 Å². The highest BCUT2D eigenvalue weighted by Crippen LogP contribution is 2.13. The summed E-state index contributed by atoms with van der Waals surface area (Å²) in [6, 6.07) is 6.87. The smallest absolute Gasteiger partial charge is 0.316 e. The third-order valence-corrected chi connectivity index (χ3v) is 3.39. The first-order chi connectivity index (χ1) is 7.97. The van der Waals surface area contributed by atoms with Gasteiger partial charge in [-0.15, -0.1) is 0 Å². The van der Waals surface area contributed by atoms with Crippen LogP contribution in [0.3, 0.4) is 0 Å². The zero-order valence-corrected chi connectivity index (χ0v) is 11.1. The van der Waals surface area contributed by atoms with E-state index in [0.717, 1.165) is 4.47 Å². The highest BCUT2D eigenvalue weighted by Gasteiger charge is 2.11. The standard InChI is InChI=1S/C10H10BrNO4S/c11-7-1-3-8(4-2-7)12-9(13)5-17(16)6-10(14)15/h1-4H,5-6H2,(H,12,13)(H,14,15)/t17-/m1/s1. The van der Waals surface area contributed by atoms with E-state index in [4.69, 9.17) is 5.11 Å². The van der Waals surface area contributed by atoms with Crippen molar-refractivity contribution >= 4 is 44.3 Å². The summed E-state index contributed by atoms with van der Waals surface area (Å²) in [6.45, 7) is 0. The van der Waals surface area contributed by atoms with E-state index >= 15 is 0 Å². The predicted octanol–water partition coefficient (Wildman–Crippen LogP) is 1.22. The molecule has 1 atom stereocenters. The first kappa shape index (κ1) is 13.9. The van der Waals surface area contributed by atoms with Gasteiger partial charge < -0.3 is 10.4 Å². The van der Waals surface area contributed by atoms with Crippen molar-refractivity contribution in [2.45, 2.75) is 0 Å². The molecule has 5 nitrogen and oxygen atoms in total. The Kier molecular flexibility index (Phi) is 5.30. The summed E-state index contributed by atoms with van der Waals surface area (Å²) in [5.74, 6) is -2.48. The van der Waals surface area contributed by atoms with Crippen LogP contribution in [0.25, 0.3) is 0 Å². The zero-order chi connectivity index (χ0) is 12.8. The molecule has 17 heavy (non-hydrogen) atoms. The summed E-state index contributed by atoms with van der Waals surface area (Å²) in [7, 11) is -1.68. The van der Waals surface area contributed by atoms with Gasteiger partial charge >= 0.3 is 5.97 Å². The SMILES string of the molecule is O=C(O)C[S@](=O)CC(=O)Nc1ccc(Br)cc1. The molecule has 2 N–H and O–H groups in total. The van der Waals surface area contributed by atoms with Crippen molar-refractivity contribution < 1.29 is 18.9 Å². The van der Waals surface area contributed by atoms with Crippen molar-refractivity contribution in [3.05, 3.63) is 28.7 Å². The van der Waals surface area contributed by atoms with Crippen LogP contribution in [-0.4, -0.2) is 32.7 Å². The molecule has 0 aliphatic heterocycles. The Morgan fingerprint density at radius 3 is 2.35 bits per heavy atom. The number of aliphatic carboxylic acids is 1. The molecule has 0 spiro atoms. The molecule has 0 fully saturated rings. The lowest BCUT2D eigenvalue weighted by Crippen LogP contribution is -2.23. The van der Waals surface area contributed by atoms with Crippen molar-refractivity contribution in [2.75, 3.05) is 16.8 Å². The van der Waals surface area contributed by atoms with Crippen LogP contribution in [0.1, 0.15) is 0 Å². The number of carboxylic acid groups (broad SMARTS) is 1. The lowest BCUT2D eigenvalue weighted by Gasteiger charge is -2.04. The summed E-state index contributed by atoms with van der Waals surface area (Å²) < 4.78 is 12.0. The number of carbonyl (C=O) groups is 2. The van der Waals surface area contributed by atoms with Crippen molar-refractivity contribution in [1.29, 1.82) is 0 Å². The van der Waals surface area contributed by atoms with E-state index in [-0.39, 0.29) is 5.75 Å². The number of carbonyl (C=O) groups excluding carboxylic acids is 1. The van der Waals surface area contributed by atoms with Crippen LogP contribution in [0.2, 0.25) is 0 Å². The minimum absolute atomic E-state index is 0.317. The third-order valence-electron chi connectivity index (χ3n) is 1.70. The van der Waals surface area contributed by atoms with Crippen LogP contribution in [0.15, 0.2) is 28.7 Å². The number of carboxylic acids is 1. The molecule has 0 radical (unpaired) electrons. The fourth-order valence-electron chi connectivity index (χ4n) is 1.07. The molecular formula is C10H10BrNO4S. The highest BCUT2D eigenvalue weighted by molar-refractivity contribution is 9.10. The van der Waals surface area contributed by atoms with Gasteiger partial charge in [0.15, 0.2) is 0 Å². The zero-order valence-electron chi connectivity index (χ0n) is 8.68. The molecule has 0 heterocycles. The Morgan fingerprint density at radius 1 is 1.24 bits per heavy atom. The Bertz CT molecular complexity index is 446. The molecule has 1 amide bonds. The van der Waals surface area contributed by atoms with E-state index in [9.17, 15) is 13.8 Å². The van der Waals surface area contributed by atoms with Crippen LogP contribution in [0, 0.1) is 0 Å². The Hall–Kier alpha value is -1.21. The van der Waals surface area contributed by atoms with E-state index in [1.807, 2.05) is 0 Å². The van der Waals surface area contributed by atoms with Gasteiger partial charge in [0.1, 0.15) is 11.5 Å². The molecule has 0 aromatic heterocycles. The number of amides is 1. The van der Waals surface area contributed by atoms with Crippen molar-refractivity contribution in [3.8, 4) is 0 Å². The van der Waals surface area contributed by atoms with Gasteiger partial charge in [0, 0.05) is 21.0 Å². The molecule has 1 rings (SSSR count). The number of halogens is 1. The van der Waals surface area contributed by atoms with Gasteiger partial charge in [0.2, 0.25) is 5.91 Å². The van der Waals surface area contributed by atoms with Gasteiger partial charge in [0.25, 0.3) is 0 Å². The van der Waals surface area contributed by atoms with E-state index in [1.54, 1.807) is 24.3 Å². The normalized spacial score (nSPS) is 11.8. The third kappa shape index (κ3) is 5.60. The van der Waals surface area contributed by atoms with Gasteiger partial charge in [-0.05, 0) is 24.3 Å². The molecule has 0 bridgehead atoms. The number of nitrogens with one attached hydrogen (secondary N) is 1. The van der Waals surface area contributed by atoms with Crippen molar-refractivity contribution in [3.63, 3.8) is 0 Å². The fraction of sp³-hybridized carbons (Fsp3) is 0.200. The van der Waals surface area contributed by atoms with Gasteiger partial charge in [-0.2, -0.15) is 0 Å². The van der Waals surface area contributed by atoms with Crippen molar-refractivity contribution in [1.82, 2.24) is 0 Å². The van der Waals surface area contributed by atoms with Gasteiger partial charge in [-0.25, -0.2) is 0 Å². The average molecular weight is 320 g/mol. The average Bonchev–Trinajstić information content (AvgIpc) is 2.19. The van der Waals surface area contributed by atoms with E-state index < -0.39 is 28.4 Å². The summed E-state index contributed by atoms with van der Waals surface area (Å²) in [5, 5.41) is 10.9. The molecule has 0 aliphatic carbocycles. The Morgan fingerprint density at radius 2 is 1.82 bits per heavy atom. The number of anilines is 1. The number of hydrogen-bond acceptors (Lipinski definition) is 3. The first-order valence-electron chi connectivity index (χ1n) is 4.59. The summed E-state index contributed by atoms with van der Waals surface area (Å²) in [4.78, 5) is 21.6. The lowest BCUT2D eigenvalue weighted by atomic mass is 10.3. The monoisotopic (exact) mass is 319 g/mol. The van der Waals surface area contributed by atoms with Crippen LogP contribution in [-0.2, 0) is 20.4 Å². The van der Waals surface area contributed by atoms with Crippen LogP contribution < -0.4 is 5.32 Å². The fourth-order valence-corrected chi connectivity index (χ4v) is 2.07. The molecule has 0 aliphatic rings. The van der Waals surface area contributed by atoms with Crippen molar-refractivity contribution in [2.24, 2.45) is 0 Å². The molecule has 1 aromatic carbocycles. The van der Waals surface area contributed by atoms with E-state index in [2.05, 4.69) is 21.2 Å². The minimum atomic E-state index is -1.68. The maximum atomic E-state index is 11.4. The molecular weight excluding hydrogens is 310 g/mol. The Labute approximate surface area is 109 Å². The summed E-state index contributed by atoms with van der Waals surface area (Å²) >= 11 is 3.25. The van der Waals surface area contributed by atoms with Crippen LogP contribution in [0.4, 0.5) is 5.69 Å². The van der Waals surface area contributed by atoms with Gasteiger partial charge in [-0.1, -0.05) is 15.9 Å². The second kappa shape index (κ2) is 6.51. The molecule has 7 heteroatoms. The quantitative estimate of drug-likeness (QED) is 0.854. The van der Waals surface area contributed by atoms with Gasteiger partial charge in [0.05, 0.1) is 0 Å². The van der Waals surface area contributed by atoms with Crippen LogP contribution >= 0.6 is 15.9 Å². The topological polar surface area (TPSA) is 83.5 Å². The maximum absolute atomic E-state index is 11.4. The molecule has 1 aromatic rings. The van der Waals surface area contributed by atoms with E-state index in [1.165, 1.54) is 0 Å². The highest BCUT2D eigenvalue weighted by atomic mass is 79.9.